The quantitative estimate of drug-likeness (QED) is 0.814. The molecule has 2 heterocycles. The number of pyridine rings is 1. The summed E-state index contributed by atoms with van der Waals surface area (Å²) >= 11 is 3.50. The Labute approximate surface area is 123 Å². The predicted molar refractivity (Wildman–Crippen MR) is 81.8 cm³/mol. The van der Waals surface area contributed by atoms with Gasteiger partial charge in [0.05, 0.1) is 12.3 Å². The summed E-state index contributed by atoms with van der Waals surface area (Å²) < 4.78 is 6.13. The Morgan fingerprint density at radius 1 is 1.53 bits per heavy atom. The van der Waals surface area contributed by atoms with Crippen LogP contribution in [0.5, 0.6) is 0 Å². The Balaban J connectivity index is 1.95. The molecule has 19 heavy (non-hydrogen) atoms. The summed E-state index contributed by atoms with van der Waals surface area (Å²) in [6.07, 6.45) is 2.48. The lowest BCUT2D eigenvalue weighted by Gasteiger charge is -2.26. The Bertz CT molecular complexity index is 414. The molecule has 1 saturated heterocycles. The molecule has 2 rings (SSSR count). The van der Waals surface area contributed by atoms with Crippen LogP contribution in [0, 0.1) is 6.92 Å². The van der Waals surface area contributed by atoms with Crippen LogP contribution in [-0.4, -0.2) is 44.4 Å². The minimum atomic E-state index is 0.546. The van der Waals surface area contributed by atoms with E-state index in [1.807, 2.05) is 6.92 Å². The van der Waals surface area contributed by atoms with Crippen molar-refractivity contribution >= 4 is 21.7 Å². The molecule has 0 aromatic carbocycles. The summed E-state index contributed by atoms with van der Waals surface area (Å²) in [6, 6.07) is 4.74. The van der Waals surface area contributed by atoms with Gasteiger partial charge in [-0.05, 0) is 47.8 Å². The average molecular weight is 328 g/mol. The number of anilines is 1. The molecule has 0 amide bonds. The van der Waals surface area contributed by atoms with Crippen molar-refractivity contribution in [2.45, 2.75) is 25.8 Å². The van der Waals surface area contributed by atoms with Gasteiger partial charge in [-0.2, -0.15) is 0 Å². The molecule has 1 fully saturated rings. The molecule has 1 aliphatic rings. The number of halogens is 1. The first kappa shape index (κ1) is 14.8. The number of methoxy groups -OCH3 is 1. The number of hydrogen-bond acceptors (Lipinski definition) is 4. The second kappa shape index (κ2) is 7.22. The molecule has 0 bridgehead atoms. The number of aromatic nitrogens is 1. The van der Waals surface area contributed by atoms with Gasteiger partial charge in [-0.1, -0.05) is 0 Å². The third-order valence-corrected chi connectivity index (χ3v) is 4.38. The molecule has 1 aromatic heterocycles. The average Bonchev–Trinajstić information content (AvgIpc) is 2.86. The fourth-order valence-electron chi connectivity index (χ4n) is 2.48. The summed E-state index contributed by atoms with van der Waals surface area (Å²) in [5.74, 6) is 1.09. The molecule has 106 valence electrons. The van der Waals surface area contributed by atoms with E-state index in [4.69, 9.17) is 4.74 Å². The van der Waals surface area contributed by atoms with Gasteiger partial charge in [0.2, 0.25) is 0 Å². The van der Waals surface area contributed by atoms with Crippen LogP contribution in [0.4, 0.5) is 5.82 Å². The standard InChI is InChI=1S/C14H22BrN3O/c1-11-13(15)5-6-14(17-11)18-8-3-4-12(18)10-16-7-9-19-2/h5-6,12,16H,3-4,7-10H2,1-2H3. The van der Waals surface area contributed by atoms with Crippen molar-refractivity contribution in [3.8, 4) is 0 Å². The van der Waals surface area contributed by atoms with E-state index in [1.165, 1.54) is 12.8 Å². The number of rotatable bonds is 6. The van der Waals surface area contributed by atoms with E-state index < -0.39 is 0 Å². The maximum Gasteiger partial charge on any atom is 0.129 e. The van der Waals surface area contributed by atoms with Crippen LogP contribution in [0.2, 0.25) is 0 Å². The van der Waals surface area contributed by atoms with Gasteiger partial charge in [0.15, 0.2) is 0 Å². The van der Waals surface area contributed by atoms with Gasteiger partial charge >= 0.3 is 0 Å². The molecule has 4 nitrogen and oxygen atoms in total. The van der Waals surface area contributed by atoms with Crippen molar-refractivity contribution in [3.63, 3.8) is 0 Å². The topological polar surface area (TPSA) is 37.4 Å². The second-order valence-corrected chi connectivity index (χ2v) is 5.78. The summed E-state index contributed by atoms with van der Waals surface area (Å²) in [5.41, 5.74) is 1.05. The minimum absolute atomic E-state index is 0.546. The lowest BCUT2D eigenvalue weighted by atomic mass is 10.2. The first-order valence-corrected chi connectivity index (χ1v) is 7.61. The van der Waals surface area contributed by atoms with Gasteiger partial charge < -0.3 is 15.0 Å². The third-order valence-electron chi connectivity index (χ3n) is 3.54. The molecule has 1 N–H and O–H groups in total. The SMILES string of the molecule is COCCNCC1CCCN1c1ccc(Br)c(C)n1. The van der Waals surface area contributed by atoms with Crippen LogP contribution in [0.1, 0.15) is 18.5 Å². The molecule has 1 unspecified atom stereocenters. The fourth-order valence-corrected chi connectivity index (χ4v) is 2.70. The zero-order chi connectivity index (χ0) is 13.7. The Hall–Kier alpha value is -0.650. The molecular weight excluding hydrogens is 306 g/mol. The molecular formula is C14H22BrN3O. The highest BCUT2D eigenvalue weighted by Gasteiger charge is 2.25. The van der Waals surface area contributed by atoms with Gasteiger partial charge in [0.25, 0.3) is 0 Å². The van der Waals surface area contributed by atoms with Crippen LogP contribution in [-0.2, 0) is 4.74 Å². The van der Waals surface area contributed by atoms with Crippen LogP contribution in [0.25, 0.3) is 0 Å². The molecule has 0 saturated carbocycles. The summed E-state index contributed by atoms with van der Waals surface area (Å²) in [5, 5.41) is 3.45. The molecule has 0 radical (unpaired) electrons. The first-order chi connectivity index (χ1) is 9.22. The number of ether oxygens (including phenoxy) is 1. The van der Waals surface area contributed by atoms with Crippen molar-refractivity contribution < 1.29 is 4.74 Å². The summed E-state index contributed by atoms with van der Waals surface area (Å²) in [6.45, 7) is 5.82. The van der Waals surface area contributed by atoms with E-state index in [-0.39, 0.29) is 0 Å². The highest BCUT2D eigenvalue weighted by molar-refractivity contribution is 9.10. The monoisotopic (exact) mass is 327 g/mol. The fraction of sp³-hybridized carbons (Fsp3) is 0.643. The number of nitrogens with zero attached hydrogens (tertiary/aromatic N) is 2. The normalized spacial score (nSPS) is 19.1. The van der Waals surface area contributed by atoms with Gasteiger partial charge in [0.1, 0.15) is 5.82 Å². The maximum atomic E-state index is 5.05. The van der Waals surface area contributed by atoms with Gasteiger partial charge in [-0.3, -0.25) is 0 Å². The van der Waals surface area contributed by atoms with Crippen molar-refractivity contribution in [2.24, 2.45) is 0 Å². The maximum absolute atomic E-state index is 5.05. The van der Waals surface area contributed by atoms with Crippen LogP contribution in [0.15, 0.2) is 16.6 Å². The molecule has 0 aliphatic carbocycles. The van der Waals surface area contributed by atoms with Crippen molar-refractivity contribution in [1.82, 2.24) is 10.3 Å². The van der Waals surface area contributed by atoms with Crippen molar-refractivity contribution in [2.75, 3.05) is 38.3 Å². The number of aryl methyl sites for hydroxylation is 1. The van der Waals surface area contributed by atoms with Crippen LogP contribution < -0.4 is 10.2 Å². The Kier molecular flexibility index (Phi) is 5.60. The van der Waals surface area contributed by atoms with E-state index in [9.17, 15) is 0 Å². The molecule has 1 aromatic rings. The summed E-state index contributed by atoms with van der Waals surface area (Å²) in [4.78, 5) is 7.09. The molecule has 1 atom stereocenters. The van der Waals surface area contributed by atoms with E-state index in [0.29, 0.717) is 6.04 Å². The highest BCUT2D eigenvalue weighted by Crippen LogP contribution is 2.25. The van der Waals surface area contributed by atoms with E-state index in [0.717, 1.165) is 42.2 Å². The summed E-state index contributed by atoms with van der Waals surface area (Å²) in [7, 11) is 1.73. The van der Waals surface area contributed by atoms with Gasteiger partial charge in [-0.25, -0.2) is 4.98 Å². The first-order valence-electron chi connectivity index (χ1n) is 6.82. The van der Waals surface area contributed by atoms with Crippen molar-refractivity contribution in [1.29, 1.82) is 0 Å². The van der Waals surface area contributed by atoms with Gasteiger partial charge in [0, 0.05) is 37.3 Å². The van der Waals surface area contributed by atoms with Crippen molar-refractivity contribution in [3.05, 3.63) is 22.3 Å². The van der Waals surface area contributed by atoms with Gasteiger partial charge in [-0.15, -0.1) is 0 Å². The third kappa shape index (κ3) is 3.91. The molecule has 0 spiro atoms. The highest BCUT2D eigenvalue weighted by atomic mass is 79.9. The Morgan fingerprint density at radius 3 is 3.11 bits per heavy atom. The molecule has 5 heteroatoms. The van der Waals surface area contributed by atoms with E-state index in [2.05, 4.69) is 43.3 Å². The zero-order valence-corrected chi connectivity index (χ0v) is 13.2. The minimum Gasteiger partial charge on any atom is -0.383 e. The second-order valence-electron chi connectivity index (χ2n) is 4.92. The van der Waals surface area contributed by atoms with Crippen LogP contribution >= 0.6 is 15.9 Å². The molecule has 1 aliphatic heterocycles. The predicted octanol–water partition coefficient (Wildman–Crippen LogP) is 2.36. The smallest absolute Gasteiger partial charge is 0.129 e. The lowest BCUT2D eigenvalue weighted by molar-refractivity contribution is 0.199. The largest absolute Gasteiger partial charge is 0.383 e. The lowest BCUT2D eigenvalue weighted by Crippen LogP contribution is -2.39. The Morgan fingerprint density at radius 2 is 2.37 bits per heavy atom. The number of hydrogen-bond donors (Lipinski definition) is 1. The van der Waals surface area contributed by atoms with E-state index >= 15 is 0 Å². The van der Waals surface area contributed by atoms with Crippen LogP contribution in [0.3, 0.4) is 0 Å². The van der Waals surface area contributed by atoms with E-state index in [1.54, 1.807) is 7.11 Å². The zero-order valence-electron chi connectivity index (χ0n) is 11.7. The number of nitrogens with one attached hydrogen (secondary N) is 1.